The average Bonchev–Trinajstić information content (AvgIpc) is 2.89. The van der Waals surface area contributed by atoms with Crippen molar-refractivity contribution in [3.63, 3.8) is 0 Å². The molecule has 0 atom stereocenters. The number of carboxylic acids is 1. The lowest BCUT2D eigenvalue weighted by molar-refractivity contribution is 0.0656. The molecule has 0 aliphatic rings. The number of ether oxygens (including phenoxy) is 1. The molecule has 1 N–H and O–H groups in total. The zero-order valence-electron chi connectivity index (χ0n) is 10.5. The Kier molecular flexibility index (Phi) is 5.06. The van der Waals surface area contributed by atoms with Crippen LogP contribution in [0.1, 0.15) is 17.0 Å². The van der Waals surface area contributed by atoms with Crippen LogP contribution in [0.4, 0.5) is 4.39 Å². The monoisotopic (exact) mass is 296 g/mol. The number of aromatic carboxylic acids is 1. The molecule has 0 aliphatic carbocycles. The van der Waals surface area contributed by atoms with E-state index in [1.54, 1.807) is 18.2 Å². The van der Waals surface area contributed by atoms with Crippen LogP contribution in [0.2, 0.25) is 0 Å². The van der Waals surface area contributed by atoms with Gasteiger partial charge in [-0.2, -0.15) is 0 Å². The number of halogens is 1. The van der Waals surface area contributed by atoms with E-state index in [-0.39, 0.29) is 11.6 Å². The highest BCUT2D eigenvalue weighted by molar-refractivity contribution is 7.99. The van der Waals surface area contributed by atoms with E-state index in [0.717, 1.165) is 12.2 Å². The largest absolute Gasteiger partial charge is 0.494 e. The second-order valence-electron chi connectivity index (χ2n) is 3.93. The summed E-state index contributed by atoms with van der Waals surface area (Å²) in [6, 6.07) is 8.91. The molecular weight excluding hydrogens is 283 g/mol. The smallest absolute Gasteiger partial charge is 0.371 e. The molecule has 0 spiro atoms. The Bertz CT molecular complexity index is 565. The molecule has 0 saturated carbocycles. The van der Waals surface area contributed by atoms with Crippen molar-refractivity contribution in [3.8, 4) is 5.75 Å². The minimum Gasteiger partial charge on any atom is -0.494 e. The molecule has 2 aromatic rings. The van der Waals surface area contributed by atoms with E-state index in [1.807, 2.05) is 0 Å². The van der Waals surface area contributed by atoms with E-state index >= 15 is 0 Å². The first kappa shape index (κ1) is 14.5. The molecule has 4 nitrogen and oxygen atoms in total. The Morgan fingerprint density at radius 1 is 1.25 bits per heavy atom. The molecule has 0 bridgehead atoms. The Hall–Kier alpha value is -1.95. The van der Waals surface area contributed by atoms with E-state index in [1.165, 1.54) is 30.0 Å². The lowest BCUT2D eigenvalue weighted by Crippen LogP contribution is -1.98. The second kappa shape index (κ2) is 7.00. The molecule has 6 heteroatoms. The second-order valence-corrected chi connectivity index (χ2v) is 5.03. The lowest BCUT2D eigenvalue weighted by Gasteiger charge is -2.05. The van der Waals surface area contributed by atoms with Crippen molar-refractivity contribution < 1.29 is 23.4 Å². The summed E-state index contributed by atoms with van der Waals surface area (Å²) in [6.45, 7) is 0.505. The summed E-state index contributed by atoms with van der Waals surface area (Å²) >= 11 is 1.43. The molecule has 106 valence electrons. The van der Waals surface area contributed by atoms with Gasteiger partial charge in [-0.15, -0.1) is 0 Å². The summed E-state index contributed by atoms with van der Waals surface area (Å²) < 4.78 is 23.2. The van der Waals surface area contributed by atoms with Gasteiger partial charge in [0.25, 0.3) is 0 Å². The van der Waals surface area contributed by atoms with Crippen LogP contribution in [0.15, 0.2) is 45.9 Å². The van der Waals surface area contributed by atoms with Crippen LogP contribution in [0.25, 0.3) is 0 Å². The highest BCUT2D eigenvalue weighted by atomic mass is 32.2. The van der Waals surface area contributed by atoms with Crippen molar-refractivity contribution in [2.45, 2.75) is 11.5 Å². The fourth-order valence-corrected chi connectivity index (χ4v) is 2.24. The van der Waals surface area contributed by atoms with Crippen molar-refractivity contribution in [3.05, 3.63) is 48.0 Å². The number of benzene rings is 1. The van der Waals surface area contributed by atoms with Crippen molar-refractivity contribution in [1.82, 2.24) is 0 Å². The number of thioether (sulfide) groups is 1. The van der Waals surface area contributed by atoms with Gasteiger partial charge in [0.05, 0.1) is 6.61 Å². The van der Waals surface area contributed by atoms with Gasteiger partial charge >= 0.3 is 5.97 Å². The fourth-order valence-electron chi connectivity index (χ4n) is 1.47. The maximum atomic E-state index is 12.7. The van der Waals surface area contributed by atoms with E-state index < -0.39 is 5.97 Å². The molecule has 0 saturated heterocycles. The average molecular weight is 296 g/mol. The third-order valence-electron chi connectivity index (χ3n) is 2.41. The number of carboxylic acid groups (broad SMARTS) is 1. The first-order chi connectivity index (χ1) is 9.65. The normalized spacial score (nSPS) is 10.4. The predicted octanol–water partition coefficient (Wildman–Crippen LogP) is 3.68. The van der Waals surface area contributed by atoms with Gasteiger partial charge in [-0.3, -0.25) is 0 Å². The van der Waals surface area contributed by atoms with E-state index in [4.69, 9.17) is 14.3 Å². The maximum Gasteiger partial charge on any atom is 0.371 e. The van der Waals surface area contributed by atoms with Crippen LogP contribution in [-0.4, -0.2) is 23.4 Å². The van der Waals surface area contributed by atoms with Gasteiger partial charge in [-0.1, -0.05) is 11.8 Å². The number of rotatable bonds is 7. The number of carbonyl (C=O) groups is 1. The minimum absolute atomic E-state index is 0.0601. The third kappa shape index (κ3) is 4.31. The van der Waals surface area contributed by atoms with Gasteiger partial charge in [-0.25, -0.2) is 9.18 Å². The maximum absolute atomic E-state index is 12.7. The van der Waals surface area contributed by atoms with Crippen molar-refractivity contribution in [2.24, 2.45) is 0 Å². The molecule has 2 rings (SSSR count). The zero-order chi connectivity index (χ0) is 14.4. The zero-order valence-corrected chi connectivity index (χ0v) is 11.4. The minimum atomic E-state index is -1.07. The molecule has 20 heavy (non-hydrogen) atoms. The van der Waals surface area contributed by atoms with Crippen LogP contribution in [0, 0.1) is 5.82 Å². The van der Waals surface area contributed by atoms with E-state index in [2.05, 4.69) is 0 Å². The standard InChI is InChI=1S/C14H13FO4S/c15-10-2-4-11(5-3-10)18-8-1-9-20-13-7-6-12(19-13)14(16)17/h2-7H,1,8-9H2,(H,16,17). The van der Waals surface area contributed by atoms with Gasteiger partial charge in [0.15, 0.2) is 5.09 Å². The van der Waals surface area contributed by atoms with Crippen LogP contribution < -0.4 is 4.74 Å². The number of hydrogen-bond donors (Lipinski definition) is 1. The van der Waals surface area contributed by atoms with Crippen LogP contribution in [0.3, 0.4) is 0 Å². The topological polar surface area (TPSA) is 59.7 Å². The lowest BCUT2D eigenvalue weighted by atomic mass is 10.3. The third-order valence-corrected chi connectivity index (χ3v) is 3.40. The molecule has 1 aromatic carbocycles. The van der Waals surface area contributed by atoms with E-state index in [0.29, 0.717) is 17.4 Å². The Labute approximate surface area is 119 Å². The Morgan fingerprint density at radius 3 is 2.65 bits per heavy atom. The van der Waals surface area contributed by atoms with Crippen LogP contribution in [-0.2, 0) is 0 Å². The number of furan rings is 1. The number of hydrogen-bond acceptors (Lipinski definition) is 4. The summed E-state index contributed by atoms with van der Waals surface area (Å²) in [7, 11) is 0. The molecule has 0 amide bonds. The van der Waals surface area contributed by atoms with Crippen LogP contribution >= 0.6 is 11.8 Å². The van der Waals surface area contributed by atoms with E-state index in [9.17, 15) is 9.18 Å². The molecule has 0 aliphatic heterocycles. The highest BCUT2D eigenvalue weighted by Crippen LogP contribution is 2.22. The molecule has 0 unspecified atom stereocenters. The van der Waals surface area contributed by atoms with Crippen molar-refractivity contribution in [1.29, 1.82) is 0 Å². The first-order valence-corrected chi connectivity index (χ1v) is 6.98. The highest BCUT2D eigenvalue weighted by Gasteiger charge is 2.08. The SMILES string of the molecule is O=C(O)c1ccc(SCCCOc2ccc(F)cc2)o1. The van der Waals surface area contributed by atoms with Gasteiger partial charge in [-0.05, 0) is 42.8 Å². The van der Waals surface area contributed by atoms with Gasteiger partial charge in [0.1, 0.15) is 11.6 Å². The Morgan fingerprint density at radius 2 is 2.00 bits per heavy atom. The summed E-state index contributed by atoms with van der Waals surface area (Å²) in [5.41, 5.74) is 0. The Balaban J connectivity index is 1.66. The summed E-state index contributed by atoms with van der Waals surface area (Å²) in [6.07, 6.45) is 0.769. The molecule has 0 radical (unpaired) electrons. The quantitative estimate of drug-likeness (QED) is 0.624. The fraction of sp³-hybridized carbons (Fsp3) is 0.214. The molecular formula is C14H13FO4S. The summed E-state index contributed by atoms with van der Waals surface area (Å²) in [5, 5.41) is 9.28. The summed E-state index contributed by atoms with van der Waals surface area (Å²) in [5.74, 6) is -0.0533. The first-order valence-electron chi connectivity index (χ1n) is 5.99. The molecule has 1 heterocycles. The van der Waals surface area contributed by atoms with Gasteiger partial charge < -0.3 is 14.3 Å². The van der Waals surface area contributed by atoms with Gasteiger partial charge in [0.2, 0.25) is 5.76 Å². The van der Waals surface area contributed by atoms with Crippen molar-refractivity contribution >= 4 is 17.7 Å². The van der Waals surface area contributed by atoms with Crippen molar-refractivity contribution in [2.75, 3.05) is 12.4 Å². The van der Waals surface area contributed by atoms with Crippen LogP contribution in [0.5, 0.6) is 5.75 Å². The summed E-state index contributed by atoms with van der Waals surface area (Å²) in [4.78, 5) is 10.6. The molecule has 0 fully saturated rings. The predicted molar refractivity (Wildman–Crippen MR) is 72.9 cm³/mol. The molecule has 1 aromatic heterocycles. The van der Waals surface area contributed by atoms with Gasteiger partial charge in [0, 0.05) is 5.75 Å².